The molecule has 0 aliphatic rings. The molecule has 0 unspecified atom stereocenters. The molecular formula is C22H19NO2S2. The number of thiophene rings is 1. The van der Waals surface area contributed by atoms with Crippen molar-refractivity contribution in [2.75, 3.05) is 14.2 Å². The van der Waals surface area contributed by atoms with Gasteiger partial charge in [0.1, 0.15) is 16.5 Å². The van der Waals surface area contributed by atoms with Gasteiger partial charge in [0.25, 0.3) is 0 Å². The van der Waals surface area contributed by atoms with Gasteiger partial charge in [-0.25, -0.2) is 4.98 Å². The summed E-state index contributed by atoms with van der Waals surface area (Å²) in [5.74, 6) is 1.69. The van der Waals surface area contributed by atoms with Gasteiger partial charge in [-0.3, -0.25) is 0 Å². The standard InChI is InChI=1S/C22H19NO2S2/c1-14-12-13-26-20(14)22-23-19(15-4-8-17(24-2)9-5-15)21(27-22)16-6-10-18(25-3)11-7-16/h4-13H,1-3H3. The number of ether oxygens (including phenoxy) is 2. The van der Waals surface area contributed by atoms with E-state index in [0.29, 0.717) is 0 Å². The zero-order valence-electron chi connectivity index (χ0n) is 15.4. The Labute approximate surface area is 166 Å². The summed E-state index contributed by atoms with van der Waals surface area (Å²) in [6.45, 7) is 2.13. The molecule has 2 aromatic carbocycles. The molecule has 0 spiro atoms. The number of nitrogens with zero attached hydrogens (tertiary/aromatic N) is 1. The molecule has 0 N–H and O–H groups in total. The molecule has 2 heterocycles. The zero-order valence-corrected chi connectivity index (χ0v) is 17.0. The molecule has 0 saturated heterocycles. The number of benzene rings is 2. The maximum atomic E-state index is 5.30. The van der Waals surface area contributed by atoms with Crippen molar-refractivity contribution in [1.82, 2.24) is 4.98 Å². The van der Waals surface area contributed by atoms with Gasteiger partial charge in [0.2, 0.25) is 0 Å². The highest BCUT2D eigenvalue weighted by Gasteiger charge is 2.18. The second-order valence-electron chi connectivity index (χ2n) is 6.09. The first-order valence-corrected chi connectivity index (χ1v) is 10.2. The van der Waals surface area contributed by atoms with Crippen molar-refractivity contribution in [2.24, 2.45) is 0 Å². The van der Waals surface area contributed by atoms with E-state index in [1.807, 2.05) is 24.3 Å². The van der Waals surface area contributed by atoms with Gasteiger partial charge in [-0.05, 0) is 78.0 Å². The van der Waals surface area contributed by atoms with Crippen LogP contribution in [-0.2, 0) is 0 Å². The minimum atomic E-state index is 0.842. The highest BCUT2D eigenvalue weighted by atomic mass is 32.1. The maximum absolute atomic E-state index is 5.30. The SMILES string of the molecule is COc1ccc(-c2nc(-c3sccc3C)sc2-c2ccc(OC)cc2)cc1. The molecule has 0 radical (unpaired) electrons. The van der Waals surface area contributed by atoms with Crippen molar-refractivity contribution in [3.8, 4) is 43.1 Å². The third kappa shape index (κ3) is 3.48. The average Bonchev–Trinajstić information content (AvgIpc) is 3.34. The predicted octanol–water partition coefficient (Wildman–Crippen LogP) is 6.53. The average molecular weight is 394 g/mol. The van der Waals surface area contributed by atoms with Crippen LogP contribution in [0.15, 0.2) is 60.0 Å². The minimum Gasteiger partial charge on any atom is -0.497 e. The van der Waals surface area contributed by atoms with Crippen molar-refractivity contribution in [1.29, 1.82) is 0 Å². The molecule has 0 amide bonds. The third-order valence-electron chi connectivity index (χ3n) is 4.40. The van der Waals surface area contributed by atoms with Crippen LogP contribution >= 0.6 is 22.7 Å². The Morgan fingerprint density at radius 3 is 1.85 bits per heavy atom. The number of thiazole rings is 1. The second-order valence-corrected chi connectivity index (χ2v) is 8.00. The molecule has 136 valence electrons. The van der Waals surface area contributed by atoms with Crippen molar-refractivity contribution in [2.45, 2.75) is 6.92 Å². The summed E-state index contributed by atoms with van der Waals surface area (Å²) in [5, 5.41) is 3.17. The minimum absolute atomic E-state index is 0.842. The molecule has 0 saturated carbocycles. The maximum Gasteiger partial charge on any atom is 0.134 e. The van der Waals surface area contributed by atoms with E-state index in [1.165, 1.54) is 10.4 Å². The van der Waals surface area contributed by atoms with E-state index < -0.39 is 0 Å². The third-order valence-corrected chi connectivity index (χ3v) is 6.67. The van der Waals surface area contributed by atoms with Gasteiger partial charge in [0, 0.05) is 5.56 Å². The van der Waals surface area contributed by atoms with Crippen LogP contribution in [0.2, 0.25) is 0 Å². The van der Waals surface area contributed by atoms with Gasteiger partial charge in [0.05, 0.1) is 29.7 Å². The van der Waals surface area contributed by atoms with Gasteiger partial charge in [0.15, 0.2) is 0 Å². The smallest absolute Gasteiger partial charge is 0.134 e. The van der Waals surface area contributed by atoms with Crippen LogP contribution in [0.3, 0.4) is 0 Å². The molecule has 3 nitrogen and oxygen atoms in total. The lowest BCUT2D eigenvalue weighted by molar-refractivity contribution is 0.414. The first-order chi connectivity index (χ1) is 13.2. The lowest BCUT2D eigenvalue weighted by Crippen LogP contribution is -1.86. The summed E-state index contributed by atoms with van der Waals surface area (Å²) in [7, 11) is 3.36. The normalized spacial score (nSPS) is 10.8. The molecule has 27 heavy (non-hydrogen) atoms. The van der Waals surface area contributed by atoms with Crippen LogP contribution in [-0.4, -0.2) is 19.2 Å². The van der Waals surface area contributed by atoms with E-state index in [-0.39, 0.29) is 0 Å². The second kappa shape index (κ2) is 7.55. The Balaban J connectivity index is 1.86. The Kier molecular flexibility index (Phi) is 4.97. The van der Waals surface area contributed by atoms with Gasteiger partial charge in [-0.1, -0.05) is 0 Å². The Bertz CT molecular complexity index is 982. The quantitative estimate of drug-likeness (QED) is 0.386. The number of hydrogen-bond acceptors (Lipinski definition) is 5. The van der Waals surface area contributed by atoms with E-state index in [9.17, 15) is 0 Å². The molecule has 0 aliphatic heterocycles. The Morgan fingerprint density at radius 1 is 0.741 bits per heavy atom. The molecule has 0 fully saturated rings. The summed E-state index contributed by atoms with van der Waals surface area (Å²) in [5.41, 5.74) is 4.48. The first kappa shape index (κ1) is 17.8. The van der Waals surface area contributed by atoms with E-state index >= 15 is 0 Å². The summed E-state index contributed by atoms with van der Waals surface area (Å²) in [4.78, 5) is 7.40. The summed E-state index contributed by atoms with van der Waals surface area (Å²) >= 11 is 3.47. The van der Waals surface area contributed by atoms with Crippen LogP contribution in [0.5, 0.6) is 11.5 Å². The summed E-state index contributed by atoms with van der Waals surface area (Å²) in [6.07, 6.45) is 0. The topological polar surface area (TPSA) is 31.4 Å². The lowest BCUT2D eigenvalue weighted by Gasteiger charge is -2.05. The van der Waals surface area contributed by atoms with Gasteiger partial charge >= 0.3 is 0 Å². The molecule has 4 rings (SSSR count). The van der Waals surface area contributed by atoms with Crippen LogP contribution in [0.25, 0.3) is 31.6 Å². The monoisotopic (exact) mass is 393 g/mol. The Hall–Kier alpha value is -2.63. The number of methoxy groups -OCH3 is 2. The number of rotatable bonds is 5. The van der Waals surface area contributed by atoms with Crippen LogP contribution in [0, 0.1) is 6.92 Å². The molecule has 4 aromatic rings. The van der Waals surface area contributed by atoms with Gasteiger partial charge in [-0.15, -0.1) is 22.7 Å². The summed E-state index contributed by atoms with van der Waals surface area (Å²) in [6, 6.07) is 18.4. The number of hydrogen-bond donors (Lipinski definition) is 0. The molecule has 5 heteroatoms. The van der Waals surface area contributed by atoms with Crippen LogP contribution in [0.1, 0.15) is 5.56 Å². The van der Waals surface area contributed by atoms with Crippen molar-refractivity contribution < 1.29 is 9.47 Å². The molecule has 0 bridgehead atoms. The number of aromatic nitrogens is 1. The molecule has 0 aliphatic carbocycles. The van der Waals surface area contributed by atoms with Gasteiger partial charge in [-0.2, -0.15) is 0 Å². The fraction of sp³-hybridized carbons (Fsp3) is 0.136. The van der Waals surface area contributed by atoms with Crippen molar-refractivity contribution in [3.05, 3.63) is 65.5 Å². The van der Waals surface area contributed by atoms with Crippen molar-refractivity contribution in [3.63, 3.8) is 0 Å². The molecular weight excluding hydrogens is 374 g/mol. The molecule has 2 aromatic heterocycles. The fourth-order valence-corrected chi connectivity index (χ4v) is 5.07. The highest BCUT2D eigenvalue weighted by Crippen LogP contribution is 2.43. The van der Waals surface area contributed by atoms with E-state index in [0.717, 1.165) is 38.2 Å². The van der Waals surface area contributed by atoms with E-state index in [2.05, 4.69) is 42.6 Å². The Morgan fingerprint density at radius 2 is 1.33 bits per heavy atom. The first-order valence-electron chi connectivity index (χ1n) is 8.53. The van der Waals surface area contributed by atoms with Crippen LogP contribution < -0.4 is 9.47 Å². The van der Waals surface area contributed by atoms with Gasteiger partial charge < -0.3 is 9.47 Å². The summed E-state index contributed by atoms with van der Waals surface area (Å²) < 4.78 is 10.6. The lowest BCUT2D eigenvalue weighted by atomic mass is 10.1. The van der Waals surface area contributed by atoms with E-state index in [4.69, 9.17) is 14.5 Å². The molecule has 0 atom stereocenters. The van der Waals surface area contributed by atoms with Crippen LogP contribution in [0.4, 0.5) is 0 Å². The fourth-order valence-electron chi connectivity index (χ4n) is 2.89. The predicted molar refractivity (Wildman–Crippen MR) is 114 cm³/mol. The highest BCUT2D eigenvalue weighted by molar-refractivity contribution is 7.23. The largest absolute Gasteiger partial charge is 0.497 e. The van der Waals surface area contributed by atoms with E-state index in [1.54, 1.807) is 36.9 Å². The van der Waals surface area contributed by atoms with Crippen molar-refractivity contribution >= 4 is 22.7 Å². The number of aryl methyl sites for hydroxylation is 1. The zero-order chi connectivity index (χ0) is 18.8.